The van der Waals surface area contributed by atoms with Crippen LogP contribution in [0, 0.1) is 0 Å². The van der Waals surface area contributed by atoms with Crippen molar-refractivity contribution in [1.29, 1.82) is 0 Å². The van der Waals surface area contributed by atoms with E-state index in [0.717, 1.165) is 0 Å². The van der Waals surface area contributed by atoms with Crippen molar-refractivity contribution in [3.05, 3.63) is 71.8 Å². The zero-order valence-electron chi connectivity index (χ0n) is 16.0. The van der Waals surface area contributed by atoms with E-state index in [0.29, 0.717) is 10.6 Å². The molecule has 2 atom stereocenters. The lowest BCUT2D eigenvalue weighted by Gasteiger charge is -2.28. The minimum Gasteiger partial charge on any atom is -0.487 e. The number of alkyl halides is 3. The fourth-order valence-electron chi connectivity index (χ4n) is 3.17. The summed E-state index contributed by atoms with van der Waals surface area (Å²) in [5.74, 6) is -1.67. The van der Waals surface area contributed by atoms with Crippen LogP contribution in [0.5, 0.6) is 11.5 Å². The number of hydrogen-bond donors (Lipinski definition) is 0. The van der Waals surface area contributed by atoms with Gasteiger partial charge < -0.3 is 18.9 Å². The van der Waals surface area contributed by atoms with Gasteiger partial charge in [-0.15, -0.1) is 13.2 Å². The Morgan fingerprint density at radius 3 is 2.55 bits per heavy atom. The van der Waals surface area contributed by atoms with Crippen LogP contribution in [0.1, 0.15) is 5.56 Å². The van der Waals surface area contributed by atoms with Crippen LogP contribution in [0.3, 0.4) is 0 Å². The predicted octanol–water partition coefficient (Wildman–Crippen LogP) is 4.18. The van der Waals surface area contributed by atoms with E-state index in [9.17, 15) is 13.2 Å². The normalized spacial score (nSPS) is 21.2. The average molecular weight is 456 g/mol. The monoisotopic (exact) mass is 455 g/mol. The van der Waals surface area contributed by atoms with Crippen LogP contribution in [-0.4, -0.2) is 40.4 Å². The summed E-state index contributed by atoms with van der Waals surface area (Å²) in [6.07, 6.45) is -2.46. The smallest absolute Gasteiger partial charge is 0.487 e. The van der Waals surface area contributed by atoms with E-state index in [2.05, 4.69) is 14.8 Å². The molecule has 0 N–H and O–H groups in total. The summed E-state index contributed by atoms with van der Waals surface area (Å²) in [5.41, 5.74) is 0.704. The summed E-state index contributed by atoms with van der Waals surface area (Å²) in [6.45, 7) is 0.309. The van der Waals surface area contributed by atoms with Crippen LogP contribution >= 0.6 is 11.6 Å². The molecule has 0 radical (unpaired) electrons. The number of hydrogen-bond acceptors (Lipinski definition) is 6. The Hall–Kier alpha value is -2.82. The van der Waals surface area contributed by atoms with Crippen molar-refractivity contribution in [3.63, 3.8) is 0 Å². The molecule has 0 spiro atoms. The van der Waals surface area contributed by atoms with Crippen molar-refractivity contribution in [2.24, 2.45) is 0 Å². The second kappa shape index (κ2) is 8.74. The third-order valence-electron chi connectivity index (χ3n) is 4.48. The Morgan fingerprint density at radius 1 is 1.13 bits per heavy atom. The highest BCUT2D eigenvalue weighted by Gasteiger charge is 2.44. The number of nitrogens with zero attached hydrogens (tertiary/aromatic N) is 3. The molecule has 2 unspecified atom stereocenters. The third kappa shape index (κ3) is 5.27. The Morgan fingerprint density at radius 2 is 1.87 bits per heavy atom. The van der Waals surface area contributed by atoms with Crippen LogP contribution in [0.2, 0.25) is 5.02 Å². The molecule has 1 saturated heterocycles. The fourth-order valence-corrected chi connectivity index (χ4v) is 3.29. The van der Waals surface area contributed by atoms with Crippen molar-refractivity contribution in [1.82, 2.24) is 14.8 Å². The van der Waals surface area contributed by atoms with Gasteiger partial charge in [-0.25, -0.2) is 9.67 Å². The Bertz CT molecular complexity index is 1000. The van der Waals surface area contributed by atoms with Gasteiger partial charge in [0.25, 0.3) is 0 Å². The second-order valence-electron chi connectivity index (χ2n) is 6.71. The summed E-state index contributed by atoms with van der Waals surface area (Å²) >= 11 is 5.99. The maximum Gasteiger partial charge on any atom is 0.573 e. The van der Waals surface area contributed by atoms with Crippen molar-refractivity contribution >= 4 is 11.6 Å². The van der Waals surface area contributed by atoms with Crippen molar-refractivity contribution in [2.75, 3.05) is 13.2 Å². The average Bonchev–Trinajstić information content (AvgIpc) is 3.38. The van der Waals surface area contributed by atoms with Crippen LogP contribution in [0.4, 0.5) is 13.2 Å². The van der Waals surface area contributed by atoms with Gasteiger partial charge in [-0.05, 0) is 24.3 Å². The lowest BCUT2D eigenvalue weighted by molar-refractivity contribution is -0.275. The van der Waals surface area contributed by atoms with Gasteiger partial charge >= 0.3 is 6.36 Å². The lowest BCUT2D eigenvalue weighted by atomic mass is 10.1. The molecule has 0 amide bonds. The van der Waals surface area contributed by atoms with E-state index in [4.69, 9.17) is 25.8 Å². The van der Waals surface area contributed by atoms with Crippen molar-refractivity contribution < 1.29 is 32.1 Å². The first-order valence-corrected chi connectivity index (χ1v) is 9.59. The first kappa shape index (κ1) is 21.4. The number of ether oxygens (including phenoxy) is 4. The predicted molar refractivity (Wildman–Crippen MR) is 103 cm³/mol. The quantitative estimate of drug-likeness (QED) is 0.532. The molecule has 4 rings (SSSR count). The molecule has 1 aromatic heterocycles. The summed E-state index contributed by atoms with van der Waals surface area (Å²) in [7, 11) is 0. The van der Waals surface area contributed by atoms with Crippen LogP contribution < -0.4 is 9.47 Å². The molecule has 3 aromatic rings. The van der Waals surface area contributed by atoms with Crippen molar-refractivity contribution in [3.8, 4) is 11.5 Å². The standard InChI is InChI=1S/C20H17ClF3N3O4/c21-15-7-5-14(6-8-15)19(11-27-13-25-12-26-27)29-10-16(30-19)9-28-17-3-1-2-4-18(17)31-20(22,23)24/h1-8,12-13,16H,9-11H2. The zero-order valence-corrected chi connectivity index (χ0v) is 16.7. The van der Waals surface area contributed by atoms with Gasteiger partial charge in [-0.1, -0.05) is 35.9 Å². The van der Waals surface area contributed by atoms with Gasteiger partial charge in [-0.3, -0.25) is 0 Å². The number of para-hydroxylation sites is 2. The topological polar surface area (TPSA) is 67.6 Å². The summed E-state index contributed by atoms with van der Waals surface area (Å²) < 4.78 is 61.2. The molecular formula is C20H17ClF3N3O4. The van der Waals surface area contributed by atoms with Crippen LogP contribution in [0.15, 0.2) is 61.2 Å². The van der Waals surface area contributed by atoms with E-state index in [1.807, 2.05) is 0 Å². The molecule has 2 heterocycles. The van der Waals surface area contributed by atoms with E-state index in [1.54, 1.807) is 35.0 Å². The minimum absolute atomic E-state index is 0.0507. The van der Waals surface area contributed by atoms with Crippen molar-refractivity contribution in [2.45, 2.75) is 24.8 Å². The van der Waals surface area contributed by atoms with Crippen LogP contribution in [-0.2, 0) is 21.8 Å². The van der Waals surface area contributed by atoms with Gasteiger partial charge in [0.15, 0.2) is 11.5 Å². The fraction of sp³-hybridized carbons (Fsp3) is 0.300. The van der Waals surface area contributed by atoms with Gasteiger partial charge in [0.2, 0.25) is 5.79 Å². The maximum absolute atomic E-state index is 12.6. The van der Waals surface area contributed by atoms with Crippen LogP contribution in [0.25, 0.3) is 0 Å². The van der Waals surface area contributed by atoms with E-state index in [-0.39, 0.29) is 25.5 Å². The van der Waals surface area contributed by atoms with Gasteiger partial charge in [0.1, 0.15) is 31.9 Å². The zero-order chi connectivity index (χ0) is 21.9. The van der Waals surface area contributed by atoms with Gasteiger partial charge in [-0.2, -0.15) is 5.10 Å². The third-order valence-corrected chi connectivity index (χ3v) is 4.73. The van der Waals surface area contributed by atoms with Gasteiger partial charge in [0, 0.05) is 10.6 Å². The largest absolute Gasteiger partial charge is 0.573 e. The first-order valence-electron chi connectivity index (χ1n) is 9.21. The summed E-state index contributed by atoms with van der Waals surface area (Å²) in [5, 5.41) is 4.65. The summed E-state index contributed by atoms with van der Waals surface area (Å²) in [6, 6.07) is 12.5. The molecule has 2 aromatic carbocycles. The molecule has 7 nitrogen and oxygen atoms in total. The second-order valence-corrected chi connectivity index (χ2v) is 7.15. The maximum atomic E-state index is 12.6. The first-order chi connectivity index (χ1) is 14.8. The lowest BCUT2D eigenvalue weighted by Crippen LogP contribution is -2.34. The van der Waals surface area contributed by atoms with E-state index >= 15 is 0 Å². The highest BCUT2D eigenvalue weighted by atomic mass is 35.5. The highest BCUT2D eigenvalue weighted by Crippen LogP contribution is 2.37. The molecule has 11 heteroatoms. The Kier molecular flexibility index (Phi) is 6.03. The number of rotatable bonds is 7. The van der Waals surface area contributed by atoms with E-state index < -0.39 is 24.0 Å². The highest BCUT2D eigenvalue weighted by molar-refractivity contribution is 6.30. The minimum atomic E-state index is -4.83. The Balaban J connectivity index is 1.49. The van der Waals surface area contributed by atoms with Gasteiger partial charge in [0.05, 0.1) is 6.61 Å². The molecule has 31 heavy (non-hydrogen) atoms. The van der Waals surface area contributed by atoms with E-state index in [1.165, 1.54) is 30.9 Å². The molecule has 1 fully saturated rings. The molecule has 164 valence electrons. The molecular weight excluding hydrogens is 439 g/mol. The molecule has 1 aliphatic rings. The molecule has 0 bridgehead atoms. The number of aromatic nitrogens is 3. The number of halogens is 4. The molecule has 0 saturated carbocycles. The molecule has 0 aliphatic carbocycles. The SMILES string of the molecule is FC(F)(F)Oc1ccccc1OCC1COC(Cn2cncn2)(c2ccc(Cl)cc2)O1. The number of benzene rings is 2. The molecule has 1 aliphatic heterocycles. The summed E-state index contributed by atoms with van der Waals surface area (Å²) in [4.78, 5) is 3.93. The Labute approximate surface area is 180 Å².